The molecule has 1 atom stereocenters. The second kappa shape index (κ2) is 7.45. The second-order valence-electron chi connectivity index (χ2n) is 6.54. The zero-order valence-corrected chi connectivity index (χ0v) is 15.1. The van der Waals surface area contributed by atoms with Gasteiger partial charge in [0.25, 0.3) is 5.91 Å². The number of nitrogens with one attached hydrogen (secondary N) is 1. The van der Waals surface area contributed by atoms with Crippen molar-refractivity contribution in [2.45, 2.75) is 19.4 Å². The van der Waals surface area contributed by atoms with Crippen molar-refractivity contribution in [2.75, 3.05) is 7.05 Å². The number of pyridine rings is 1. The van der Waals surface area contributed by atoms with Crippen LogP contribution in [0.5, 0.6) is 0 Å². The number of hydrogen-bond acceptors (Lipinski definition) is 3. The van der Waals surface area contributed by atoms with E-state index in [1.807, 2.05) is 19.1 Å². The summed E-state index contributed by atoms with van der Waals surface area (Å²) < 4.78 is 0. The Morgan fingerprint density at radius 3 is 2.44 bits per heavy atom. The van der Waals surface area contributed by atoms with Gasteiger partial charge in [0.1, 0.15) is 6.04 Å². The normalized spacial score (nSPS) is 11.9. The molecule has 0 spiro atoms. The fourth-order valence-electron chi connectivity index (χ4n) is 3.09. The summed E-state index contributed by atoms with van der Waals surface area (Å²) >= 11 is 0. The lowest BCUT2D eigenvalue weighted by molar-refractivity contribution is -0.141. The Bertz CT molecular complexity index is 1050. The number of aromatic nitrogens is 1. The summed E-state index contributed by atoms with van der Waals surface area (Å²) in [4.78, 5) is 40.5. The highest BCUT2D eigenvalue weighted by atomic mass is 16.4. The molecule has 0 saturated heterocycles. The smallest absolute Gasteiger partial charge is 0.326 e. The number of nitrogens with zero attached hydrogens (tertiary/aromatic N) is 1. The maximum atomic E-state index is 12.7. The maximum absolute atomic E-state index is 12.7. The number of benzene rings is 2. The molecule has 0 bridgehead atoms. The average molecular weight is 364 g/mol. The number of hydrogen-bond donors (Lipinski definition) is 2. The average Bonchev–Trinajstić information content (AvgIpc) is 2.65. The van der Waals surface area contributed by atoms with Crippen LogP contribution in [0.15, 0.2) is 59.4 Å². The third-order valence-corrected chi connectivity index (χ3v) is 4.62. The van der Waals surface area contributed by atoms with Crippen LogP contribution in [0.25, 0.3) is 10.9 Å². The van der Waals surface area contributed by atoms with Crippen LogP contribution in [0.4, 0.5) is 0 Å². The zero-order chi connectivity index (χ0) is 19.6. The van der Waals surface area contributed by atoms with Gasteiger partial charge in [0.15, 0.2) is 0 Å². The monoisotopic (exact) mass is 364 g/mol. The van der Waals surface area contributed by atoms with Crippen molar-refractivity contribution in [1.82, 2.24) is 9.88 Å². The van der Waals surface area contributed by atoms with Gasteiger partial charge in [0.05, 0.1) is 0 Å². The summed E-state index contributed by atoms with van der Waals surface area (Å²) in [5, 5.41) is 10.5. The summed E-state index contributed by atoms with van der Waals surface area (Å²) in [5.41, 5.74) is 2.35. The first kappa shape index (κ1) is 18.4. The van der Waals surface area contributed by atoms with Gasteiger partial charge in [-0.25, -0.2) is 4.79 Å². The number of aliphatic carboxylic acids is 1. The summed E-state index contributed by atoms with van der Waals surface area (Å²) in [6.45, 7) is 1.91. The van der Waals surface area contributed by atoms with Gasteiger partial charge in [-0.3, -0.25) is 9.59 Å². The summed E-state index contributed by atoms with van der Waals surface area (Å²) in [6, 6.07) is 14.5. The maximum Gasteiger partial charge on any atom is 0.326 e. The molecule has 0 aliphatic rings. The fourth-order valence-corrected chi connectivity index (χ4v) is 3.09. The molecule has 3 aromatic rings. The zero-order valence-electron chi connectivity index (χ0n) is 15.1. The predicted molar refractivity (Wildman–Crippen MR) is 103 cm³/mol. The molecule has 6 heteroatoms. The van der Waals surface area contributed by atoms with Crippen LogP contribution in [0.3, 0.4) is 0 Å². The quantitative estimate of drug-likeness (QED) is 0.728. The molecule has 138 valence electrons. The molecule has 1 unspecified atom stereocenters. The largest absolute Gasteiger partial charge is 0.480 e. The van der Waals surface area contributed by atoms with Crippen LogP contribution in [0.1, 0.15) is 21.5 Å². The van der Waals surface area contributed by atoms with E-state index in [4.69, 9.17) is 0 Å². The Morgan fingerprint density at radius 2 is 1.78 bits per heavy atom. The second-order valence-corrected chi connectivity index (χ2v) is 6.54. The molecule has 0 saturated carbocycles. The topological polar surface area (TPSA) is 90.5 Å². The van der Waals surface area contributed by atoms with E-state index in [2.05, 4.69) is 4.98 Å². The van der Waals surface area contributed by atoms with Crippen LogP contribution in [-0.2, 0) is 11.2 Å². The molecule has 0 fully saturated rings. The number of para-hydroxylation sites is 1. The molecular weight excluding hydrogens is 344 g/mol. The highest BCUT2D eigenvalue weighted by Gasteiger charge is 2.28. The van der Waals surface area contributed by atoms with E-state index in [-0.39, 0.29) is 17.9 Å². The van der Waals surface area contributed by atoms with Gasteiger partial charge >= 0.3 is 5.97 Å². The Morgan fingerprint density at radius 1 is 1.11 bits per heavy atom. The van der Waals surface area contributed by atoms with E-state index in [1.54, 1.807) is 36.4 Å². The van der Waals surface area contributed by atoms with Crippen LogP contribution in [0, 0.1) is 6.92 Å². The minimum atomic E-state index is -1.12. The summed E-state index contributed by atoms with van der Waals surface area (Å²) in [6.07, 6.45) is 0.0356. The van der Waals surface area contributed by atoms with Gasteiger partial charge in [0.2, 0.25) is 5.56 Å². The first-order valence-electron chi connectivity index (χ1n) is 8.54. The van der Waals surface area contributed by atoms with E-state index in [1.165, 1.54) is 18.0 Å². The van der Waals surface area contributed by atoms with Crippen LogP contribution in [-0.4, -0.2) is 40.0 Å². The van der Waals surface area contributed by atoms with E-state index in [0.717, 1.165) is 10.9 Å². The molecule has 0 aliphatic heterocycles. The van der Waals surface area contributed by atoms with E-state index in [0.29, 0.717) is 16.6 Å². The number of carbonyl (C=O) groups excluding carboxylic acids is 1. The number of aryl methyl sites for hydroxylation is 1. The van der Waals surface area contributed by atoms with Crippen LogP contribution in [0.2, 0.25) is 0 Å². The molecule has 3 rings (SSSR count). The molecule has 0 aliphatic carbocycles. The lowest BCUT2D eigenvalue weighted by atomic mass is 10.00. The van der Waals surface area contributed by atoms with Gasteiger partial charge in [-0.1, -0.05) is 35.9 Å². The molecule has 2 aromatic carbocycles. The minimum absolute atomic E-state index is 0.0356. The van der Waals surface area contributed by atoms with Crippen molar-refractivity contribution in [3.05, 3.63) is 81.6 Å². The van der Waals surface area contributed by atoms with Crippen molar-refractivity contribution < 1.29 is 14.7 Å². The number of carboxylic acids is 1. The van der Waals surface area contributed by atoms with Crippen LogP contribution < -0.4 is 5.56 Å². The molecule has 6 nitrogen and oxygen atoms in total. The third kappa shape index (κ3) is 3.89. The van der Waals surface area contributed by atoms with Gasteiger partial charge in [-0.15, -0.1) is 0 Å². The molecule has 27 heavy (non-hydrogen) atoms. The minimum Gasteiger partial charge on any atom is -0.480 e. The fraction of sp³-hybridized carbons (Fsp3) is 0.190. The standard InChI is InChI=1S/C21H20N2O4/c1-13-7-9-14(10-8-13)20(25)23(2)18(21(26)27)11-15-12-19(24)22-17-6-4-3-5-16(15)17/h3-10,12,18H,11H2,1-2H3,(H,22,24)(H,26,27). The molecule has 0 radical (unpaired) electrons. The van der Waals surface area contributed by atoms with E-state index in [9.17, 15) is 19.5 Å². The molecule has 1 aromatic heterocycles. The van der Waals surface area contributed by atoms with Gasteiger partial charge in [-0.05, 0) is 30.7 Å². The number of rotatable bonds is 5. The number of carboxylic acid groups (broad SMARTS) is 1. The van der Waals surface area contributed by atoms with Gasteiger partial charge in [0, 0.05) is 36.0 Å². The summed E-state index contributed by atoms with van der Waals surface area (Å²) in [5.74, 6) is -1.50. The number of H-pyrrole nitrogens is 1. The highest BCUT2D eigenvalue weighted by molar-refractivity contribution is 5.96. The Balaban J connectivity index is 1.95. The van der Waals surface area contributed by atoms with Crippen LogP contribution >= 0.6 is 0 Å². The lowest BCUT2D eigenvalue weighted by Gasteiger charge is -2.25. The van der Waals surface area contributed by atoms with E-state index >= 15 is 0 Å². The van der Waals surface area contributed by atoms with Gasteiger partial charge in [-0.2, -0.15) is 0 Å². The predicted octanol–water partition coefficient (Wildman–Crippen LogP) is 2.60. The molecular formula is C21H20N2O4. The molecule has 1 heterocycles. The number of likely N-dealkylation sites (N-methyl/N-ethyl adjacent to an activating group) is 1. The van der Waals surface area contributed by atoms with Gasteiger partial charge < -0.3 is 15.0 Å². The summed E-state index contributed by atoms with van der Waals surface area (Å²) in [7, 11) is 1.47. The SMILES string of the molecule is Cc1ccc(C(=O)N(C)C(Cc2cc(=O)[nH]c3ccccc23)C(=O)O)cc1. The third-order valence-electron chi connectivity index (χ3n) is 4.62. The number of fused-ring (bicyclic) bond motifs is 1. The number of amides is 1. The first-order chi connectivity index (χ1) is 12.9. The van der Waals surface area contributed by atoms with Crippen molar-refractivity contribution in [1.29, 1.82) is 0 Å². The molecule has 2 N–H and O–H groups in total. The Labute approximate surface area is 156 Å². The van der Waals surface area contributed by atoms with Crippen molar-refractivity contribution in [3.63, 3.8) is 0 Å². The van der Waals surface area contributed by atoms with Crippen molar-refractivity contribution >= 4 is 22.8 Å². The molecule has 1 amide bonds. The van der Waals surface area contributed by atoms with Crippen molar-refractivity contribution in [2.24, 2.45) is 0 Å². The number of carbonyl (C=O) groups is 2. The Kier molecular flexibility index (Phi) is 5.07. The Hall–Kier alpha value is -3.41. The first-order valence-corrected chi connectivity index (χ1v) is 8.54. The van der Waals surface area contributed by atoms with E-state index < -0.39 is 12.0 Å². The number of aromatic amines is 1. The lowest BCUT2D eigenvalue weighted by Crippen LogP contribution is -2.44. The van der Waals surface area contributed by atoms with Crippen molar-refractivity contribution in [3.8, 4) is 0 Å². The highest BCUT2D eigenvalue weighted by Crippen LogP contribution is 2.19.